The van der Waals surface area contributed by atoms with Crippen LogP contribution in [-0.2, 0) is 14.8 Å². The first-order chi connectivity index (χ1) is 12.2. The number of carbonyl (C=O) groups is 1. The number of methoxy groups -OCH3 is 2. The molecule has 0 saturated heterocycles. The fraction of sp³-hybridized carbons (Fsp3) is 0.235. The Morgan fingerprint density at radius 2 is 1.88 bits per heavy atom. The van der Waals surface area contributed by atoms with E-state index in [1.165, 1.54) is 20.3 Å². The van der Waals surface area contributed by atoms with E-state index in [-0.39, 0.29) is 0 Å². The monoisotopic (exact) mass is 398 g/mol. The maximum absolute atomic E-state index is 12.4. The highest BCUT2D eigenvalue weighted by molar-refractivity contribution is 7.92. The smallest absolute Gasteiger partial charge is 0.245 e. The van der Waals surface area contributed by atoms with Crippen LogP contribution in [0.5, 0.6) is 11.5 Å². The number of amides is 1. The van der Waals surface area contributed by atoms with Gasteiger partial charge in [0.15, 0.2) is 0 Å². The molecule has 0 unspecified atom stereocenters. The number of nitrogens with zero attached hydrogens (tertiary/aromatic N) is 1. The van der Waals surface area contributed by atoms with Crippen LogP contribution in [0, 0.1) is 0 Å². The maximum atomic E-state index is 12.4. The number of rotatable bonds is 7. The van der Waals surface area contributed by atoms with E-state index in [1.54, 1.807) is 36.4 Å². The molecular formula is C17H19ClN2O5S. The van der Waals surface area contributed by atoms with E-state index < -0.39 is 22.5 Å². The number of hydrogen-bond acceptors (Lipinski definition) is 5. The van der Waals surface area contributed by atoms with Gasteiger partial charge in [-0.2, -0.15) is 0 Å². The molecule has 0 aliphatic rings. The summed E-state index contributed by atoms with van der Waals surface area (Å²) in [6.45, 7) is -0.408. The van der Waals surface area contributed by atoms with Crippen LogP contribution in [0.3, 0.4) is 0 Å². The van der Waals surface area contributed by atoms with E-state index in [0.29, 0.717) is 27.9 Å². The zero-order valence-corrected chi connectivity index (χ0v) is 16.1. The number of benzene rings is 2. The zero-order valence-electron chi connectivity index (χ0n) is 14.5. The van der Waals surface area contributed by atoms with Crippen LogP contribution < -0.4 is 19.1 Å². The quantitative estimate of drug-likeness (QED) is 0.775. The maximum Gasteiger partial charge on any atom is 0.245 e. The van der Waals surface area contributed by atoms with Crippen LogP contribution in [-0.4, -0.2) is 41.3 Å². The predicted molar refractivity (Wildman–Crippen MR) is 102 cm³/mol. The molecule has 0 heterocycles. The third-order valence-corrected chi connectivity index (χ3v) is 4.84. The van der Waals surface area contributed by atoms with E-state index in [4.69, 9.17) is 21.1 Å². The highest BCUT2D eigenvalue weighted by Gasteiger charge is 2.21. The van der Waals surface area contributed by atoms with Crippen molar-refractivity contribution in [1.29, 1.82) is 0 Å². The van der Waals surface area contributed by atoms with Crippen molar-refractivity contribution in [3.63, 3.8) is 0 Å². The van der Waals surface area contributed by atoms with Crippen molar-refractivity contribution in [2.24, 2.45) is 0 Å². The van der Waals surface area contributed by atoms with Crippen molar-refractivity contribution in [3.8, 4) is 11.5 Å². The third kappa shape index (κ3) is 5.03. The molecule has 1 N–H and O–H groups in total. The number of hydrogen-bond donors (Lipinski definition) is 1. The van der Waals surface area contributed by atoms with Gasteiger partial charge in [0.2, 0.25) is 15.9 Å². The third-order valence-electron chi connectivity index (χ3n) is 3.47. The first-order valence-electron chi connectivity index (χ1n) is 7.49. The van der Waals surface area contributed by atoms with Gasteiger partial charge >= 0.3 is 0 Å². The fourth-order valence-corrected chi connectivity index (χ4v) is 3.29. The van der Waals surface area contributed by atoms with Crippen molar-refractivity contribution in [2.45, 2.75) is 0 Å². The summed E-state index contributed by atoms with van der Waals surface area (Å²) in [6, 6.07) is 11.1. The molecule has 2 aromatic rings. The Morgan fingerprint density at radius 1 is 1.15 bits per heavy atom. The van der Waals surface area contributed by atoms with Crippen LogP contribution in [0.15, 0.2) is 42.5 Å². The summed E-state index contributed by atoms with van der Waals surface area (Å²) in [5.41, 5.74) is 0.703. The van der Waals surface area contributed by atoms with Crippen molar-refractivity contribution < 1.29 is 22.7 Å². The first kappa shape index (κ1) is 19.9. The average Bonchev–Trinajstić information content (AvgIpc) is 2.59. The molecule has 0 saturated carbocycles. The van der Waals surface area contributed by atoms with Crippen LogP contribution in [0.4, 0.5) is 11.4 Å². The lowest BCUT2D eigenvalue weighted by Crippen LogP contribution is -2.37. The van der Waals surface area contributed by atoms with Gasteiger partial charge in [0.25, 0.3) is 0 Å². The van der Waals surface area contributed by atoms with Gasteiger partial charge in [0, 0.05) is 11.1 Å². The summed E-state index contributed by atoms with van der Waals surface area (Å²) in [5, 5.41) is 3.01. The number of ether oxygens (including phenoxy) is 2. The Balaban J connectivity index is 2.23. The van der Waals surface area contributed by atoms with Crippen LogP contribution >= 0.6 is 11.6 Å². The summed E-state index contributed by atoms with van der Waals surface area (Å²) >= 11 is 5.92. The Morgan fingerprint density at radius 3 is 2.46 bits per heavy atom. The van der Waals surface area contributed by atoms with E-state index in [9.17, 15) is 13.2 Å². The second-order valence-electron chi connectivity index (χ2n) is 5.36. The van der Waals surface area contributed by atoms with Crippen LogP contribution in [0.25, 0.3) is 0 Å². The Hall–Kier alpha value is -2.45. The molecule has 0 aliphatic heterocycles. The molecule has 140 valence electrons. The lowest BCUT2D eigenvalue weighted by Gasteiger charge is -2.22. The lowest BCUT2D eigenvalue weighted by atomic mass is 10.2. The van der Waals surface area contributed by atoms with Gasteiger partial charge in [-0.15, -0.1) is 0 Å². The molecule has 2 aromatic carbocycles. The molecule has 0 aromatic heterocycles. The van der Waals surface area contributed by atoms with Crippen molar-refractivity contribution in [1.82, 2.24) is 0 Å². The van der Waals surface area contributed by atoms with Gasteiger partial charge in [-0.25, -0.2) is 8.42 Å². The van der Waals surface area contributed by atoms with Gasteiger partial charge in [-0.1, -0.05) is 17.7 Å². The lowest BCUT2D eigenvalue weighted by molar-refractivity contribution is -0.114. The van der Waals surface area contributed by atoms with E-state index in [1.807, 2.05) is 0 Å². The topological polar surface area (TPSA) is 84.9 Å². The van der Waals surface area contributed by atoms with Gasteiger partial charge in [0.1, 0.15) is 18.0 Å². The Bertz CT molecular complexity index is 902. The molecule has 0 aliphatic carbocycles. The molecule has 0 radical (unpaired) electrons. The average molecular weight is 399 g/mol. The molecule has 26 heavy (non-hydrogen) atoms. The van der Waals surface area contributed by atoms with Gasteiger partial charge in [-0.05, 0) is 30.3 Å². The number of nitrogens with one attached hydrogen (secondary N) is 1. The largest absolute Gasteiger partial charge is 0.497 e. The van der Waals surface area contributed by atoms with Crippen molar-refractivity contribution in [3.05, 3.63) is 47.5 Å². The Kier molecular flexibility index (Phi) is 6.33. The van der Waals surface area contributed by atoms with Crippen LogP contribution in [0.2, 0.25) is 5.02 Å². The Labute approximate surface area is 157 Å². The minimum absolute atomic E-state index is 0.303. The van der Waals surface area contributed by atoms with Gasteiger partial charge < -0.3 is 14.8 Å². The van der Waals surface area contributed by atoms with Crippen molar-refractivity contribution in [2.75, 3.05) is 36.6 Å². The summed E-state index contributed by atoms with van der Waals surface area (Å²) in [5.74, 6) is 0.432. The molecule has 2 rings (SSSR count). The van der Waals surface area contributed by atoms with Gasteiger partial charge in [-0.3, -0.25) is 9.10 Å². The predicted octanol–water partition coefficient (Wildman–Crippen LogP) is 2.76. The highest BCUT2D eigenvalue weighted by Crippen LogP contribution is 2.29. The number of anilines is 2. The first-order valence-corrected chi connectivity index (χ1v) is 9.72. The van der Waals surface area contributed by atoms with Crippen molar-refractivity contribution >= 4 is 38.9 Å². The highest BCUT2D eigenvalue weighted by atomic mass is 35.5. The van der Waals surface area contributed by atoms with E-state index in [0.717, 1.165) is 10.6 Å². The normalized spacial score (nSPS) is 10.9. The molecule has 0 spiro atoms. The molecule has 0 bridgehead atoms. The summed E-state index contributed by atoms with van der Waals surface area (Å²) in [4.78, 5) is 12.4. The van der Waals surface area contributed by atoms with E-state index >= 15 is 0 Å². The molecule has 0 fully saturated rings. The summed E-state index contributed by atoms with van der Waals surface area (Å²) < 4.78 is 35.5. The molecule has 1 amide bonds. The minimum atomic E-state index is -3.69. The molecule has 9 heteroatoms. The van der Waals surface area contributed by atoms with Gasteiger partial charge in [0.05, 0.1) is 31.9 Å². The summed E-state index contributed by atoms with van der Waals surface area (Å²) in [6.07, 6.45) is 1.02. The standard InChI is InChI=1S/C17H19ClN2O5S/c1-24-14-7-8-15(16(10-14)25-2)19-17(21)11-20(26(3,22)23)13-6-4-5-12(18)9-13/h4-10H,11H2,1-3H3,(H,19,21). The number of sulfonamides is 1. The zero-order chi connectivity index (χ0) is 19.3. The summed E-state index contributed by atoms with van der Waals surface area (Å²) in [7, 11) is -0.712. The second kappa shape index (κ2) is 8.29. The number of halogens is 1. The second-order valence-corrected chi connectivity index (χ2v) is 7.71. The fourth-order valence-electron chi connectivity index (χ4n) is 2.25. The molecule has 0 atom stereocenters. The van der Waals surface area contributed by atoms with E-state index in [2.05, 4.69) is 5.32 Å². The molecule has 7 nitrogen and oxygen atoms in total. The molecular weight excluding hydrogens is 380 g/mol. The minimum Gasteiger partial charge on any atom is -0.497 e. The SMILES string of the molecule is COc1ccc(NC(=O)CN(c2cccc(Cl)c2)S(C)(=O)=O)c(OC)c1. The number of carbonyl (C=O) groups excluding carboxylic acids is 1. The van der Waals surface area contributed by atoms with Crippen LogP contribution in [0.1, 0.15) is 0 Å².